The fourth-order valence-electron chi connectivity index (χ4n) is 3.18. The van der Waals surface area contributed by atoms with Crippen molar-refractivity contribution in [1.82, 2.24) is 15.5 Å². The average molecular weight is 562 g/mol. The predicted octanol–water partition coefficient (Wildman–Crippen LogP) is 3.46. The van der Waals surface area contributed by atoms with Crippen molar-refractivity contribution < 1.29 is 4.79 Å². The molecule has 9 heteroatoms. The number of rotatable bonds is 7. The van der Waals surface area contributed by atoms with Gasteiger partial charge in [-0.05, 0) is 42.5 Å². The molecule has 0 spiro atoms. The summed E-state index contributed by atoms with van der Waals surface area (Å²) in [5.74, 6) is 0.672. The minimum atomic E-state index is -0.0173. The molecule has 30 heavy (non-hydrogen) atoms. The Morgan fingerprint density at radius 3 is 2.87 bits per heavy atom. The Labute approximate surface area is 204 Å². The van der Waals surface area contributed by atoms with Gasteiger partial charge in [0.05, 0.1) is 0 Å². The first kappa shape index (κ1) is 24.7. The third kappa shape index (κ3) is 7.63. The zero-order chi connectivity index (χ0) is 20.6. The Kier molecular flexibility index (Phi) is 10.2. The molecular formula is C21H29ClIN5OS. The number of nitrogens with one attached hydrogen (secondary N) is 2. The number of benzene rings is 1. The Balaban J connectivity index is 0.00000320. The van der Waals surface area contributed by atoms with E-state index < -0.39 is 0 Å². The molecule has 1 aromatic heterocycles. The minimum Gasteiger partial charge on any atom is -0.369 e. The second kappa shape index (κ2) is 12.4. The van der Waals surface area contributed by atoms with Gasteiger partial charge in [0.15, 0.2) is 5.96 Å². The van der Waals surface area contributed by atoms with Crippen molar-refractivity contribution in [3.63, 3.8) is 0 Å². The van der Waals surface area contributed by atoms with E-state index in [1.165, 1.54) is 4.88 Å². The second-order valence-electron chi connectivity index (χ2n) is 7.26. The quantitative estimate of drug-likeness (QED) is 0.309. The number of carbonyl (C=O) groups excluding carboxylic acids is 1. The first-order valence-electron chi connectivity index (χ1n) is 9.79. The van der Waals surface area contributed by atoms with E-state index >= 15 is 0 Å². The van der Waals surface area contributed by atoms with Gasteiger partial charge in [0.1, 0.15) is 6.54 Å². The van der Waals surface area contributed by atoms with Crippen molar-refractivity contribution in [3.8, 4) is 0 Å². The van der Waals surface area contributed by atoms with Gasteiger partial charge in [0, 0.05) is 55.4 Å². The van der Waals surface area contributed by atoms with Crippen LogP contribution in [0.4, 0.5) is 5.69 Å². The van der Waals surface area contributed by atoms with E-state index in [2.05, 4.69) is 44.1 Å². The van der Waals surface area contributed by atoms with Crippen molar-refractivity contribution in [2.45, 2.75) is 18.9 Å². The zero-order valence-corrected chi connectivity index (χ0v) is 21.2. The molecule has 1 aliphatic heterocycles. The van der Waals surface area contributed by atoms with Crippen LogP contribution in [-0.2, 0) is 11.2 Å². The summed E-state index contributed by atoms with van der Waals surface area (Å²) >= 11 is 7.88. The third-order valence-electron chi connectivity index (χ3n) is 4.82. The van der Waals surface area contributed by atoms with E-state index in [9.17, 15) is 4.79 Å². The maximum absolute atomic E-state index is 12.0. The van der Waals surface area contributed by atoms with Crippen LogP contribution in [0.15, 0.2) is 46.8 Å². The Morgan fingerprint density at radius 1 is 1.33 bits per heavy atom. The number of hydrogen-bond acceptors (Lipinski definition) is 4. The molecule has 1 atom stereocenters. The molecule has 1 aliphatic rings. The molecule has 1 aromatic carbocycles. The van der Waals surface area contributed by atoms with Gasteiger partial charge >= 0.3 is 0 Å². The van der Waals surface area contributed by atoms with Gasteiger partial charge in [-0.1, -0.05) is 23.7 Å². The van der Waals surface area contributed by atoms with E-state index in [0.717, 1.165) is 43.2 Å². The van der Waals surface area contributed by atoms with E-state index in [-0.39, 0.29) is 42.5 Å². The number of carbonyl (C=O) groups is 1. The second-order valence-corrected chi connectivity index (χ2v) is 8.73. The van der Waals surface area contributed by atoms with E-state index in [4.69, 9.17) is 11.6 Å². The van der Waals surface area contributed by atoms with Gasteiger partial charge in [-0.25, -0.2) is 4.99 Å². The van der Waals surface area contributed by atoms with Crippen LogP contribution in [-0.4, -0.2) is 63.1 Å². The number of halogens is 2. The first-order valence-corrected chi connectivity index (χ1v) is 11.0. The van der Waals surface area contributed by atoms with Gasteiger partial charge in [-0.2, -0.15) is 0 Å². The smallest absolute Gasteiger partial charge is 0.243 e. The molecule has 2 heterocycles. The lowest BCUT2D eigenvalue weighted by Crippen LogP contribution is -2.45. The maximum atomic E-state index is 12.0. The molecule has 2 aromatic rings. The number of guanidine groups is 1. The lowest BCUT2D eigenvalue weighted by Gasteiger charge is -2.21. The monoisotopic (exact) mass is 561 g/mol. The fraction of sp³-hybridized carbons (Fsp3) is 0.429. The lowest BCUT2D eigenvalue weighted by molar-refractivity contribution is -0.127. The molecule has 2 N–H and O–H groups in total. The molecule has 1 saturated heterocycles. The van der Waals surface area contributed by atoms with Crippen LogP contribution >= 0.6 is 46.9 Å². The molecule has 0 saturated carbocycles. The van der Waals surface area contributed by atoms with Crippen LogP contribution in [0, 0.1) is 0 Å². The first-order chi connectivity index (χ1) is 14.0. The Morgan fingerprint density at radius 2 is 2.17 bits per heavy atom. The number of likely N-dealkylation sites (N-methyl/N-ethyl adjacent to an activating group) is 1. The number of amides is 1. The molecular weight excluding hydrogens is 533 g/mol. The molecule has 0 aliphatic carbocycles. The van der Waals surface area contributed by atoms with Crippen molar-refractivity contribution in [2.75, 3.05) is 45.2 Å². The number of aliphatic imine (C=N–C) groups is 1. The van der Waals surface area contributed by atoms with E-state index in [1.807, 2.05) is 18.2 Å². The standard InChI is InChI=1S/C21H28ClN5OS.HI/c1-26(2)20(28)14-24-21(23-10-8-19-7-4-12-29-19)25-17-9-11-27(15-17)18-6-3-5-16(22)13-18;/h3-7,12-13,17H,8-11,14-15H2,1-2H3,(H2,23,24,25);1H. The highest BCUT2D eigenvalue weighted by molar-refractivity contribution is 14.0. The molecule has 0 bridgehead atoms. The van der Waals surface area contributed by atoms with Crippen LogP contribution in [0.3, 0.4) is 0 Å². The third-order valence-corrected chi connectivity index (χ3v) is 5.99. The van der Waals surface area contributed by atoms with Crippen molar-refractivity contribution in [3.05, 3.63) is 51.7 Å². The van der Waals surface area contributed by atoms with Crippen molar-refractivity contribution >= 4 is 64.5 Å². The summed E-state index contributed by atoms with van der Waals surface area (Å²) in [5.41, 5.74) is 1.13. The number of nitrogens with zero attached hydrogens (tertiary/aromatic N) is 3. The van der Waals surface area contributed by atoms with Gasteiger partial charge in [0.25, 0.3) is 0 Å². The number of anilines is 1. The zero-order valence-electron chi connectivity index (χ0n) is 17.3. The summed E-state index contributed by atoms with van der Waals surface area (Å²) in [6.45, 7) is 2.73. The van der Waals surface area contributed by atoms with E-state index in [0.29, 0.717) is 5.96 Å². The molecule has 164 valence electrons. The van der Waals surface area contributed by atoms with Crippen LogP contribution in [0.25, 0.3) is 0 Å². The Bertz CT molecular complexity index is 831. The van der Waals surface area contributed by atoms with Crippen LogP contribution in [0.5, 0.6) is 0 Å². The van der Waals surface area contributed by atoms with Crippen LogP contribution in [0.1, 0.15) is 11.3 Å². The summed E-state index contributed by atoms with van der Waals surface area (Å²) in [4.78, 5) is 21.7. The van der Waals surface area contributed by atoms with Crippen LogP contribution in [0.2, 0.25) is 5.02 Å². The summed E-state index contributed by atoms with van der Waals surface area (Å²) in [6, 6.07) is 12.4. The largest absolute Gasteiger partial charge is 0.369 e. The van der Waals surface area contributed by atoms with E-state index in [1.54, 1.807) is 30.3 Å². The fourth-order valence-corrected chi connectivity index (χ4v) is 4.07. The maximum Gasteiger partial charge on any atom is 0.243 e. The molecule has 0 radical (unpaired) electrons. The summed E-state index contributed by atoms with van der Waals surface area (Å²) in [5, 5.41) is 9.71. The summed E-state index contributed by atoms with van der Waals surface area (Å²) in [6.07, 6.45) is 1.93. The molecule has 6 nitrogen and oxygen atoms in total. The predicted molar refractivity (Wildman–Crippen MR) is 138 cm³/mol. The molecule has 1 unspecified atom stereocenters. The Hall–Kier alpha value is -1.52. The topological polar surface area (TPSA) is 60.0 Å². The van der Waals surface area contributed by atoms with Gasteiger partial charge in [0.2, 0.25) is 5.91 Å². The highest BCUT2D eigenvalue weighted by Crippen LogP contribution is 2.23. The van der Waals surface area contributed by atoms with Gasteiger partial charge in [-0.3, -0.25) is 4.79 Å². The van der Waals surface area contributed by atoms with Gasteiger partial charge in [-0.15, -0.1) is 35.3 Å². The summed E-state index contributed by atoms with van der Waals surface area (Å²) < 4.78 is 0. The SMILES string of the molecule is CN(C)C(=O)CN=C(NCCc1cccs1)NC1CCN(c2cccc(Cl)c2)C1.I. The van der Waals surface area contributed by atoms with Gasteiger partial charge < -0.3 is 20.4 Å². The number of hydrogen-bond donors (Lipinski definition) is 2. The number of thiophene rings is 1. The lowest BCUT2D eigenvalue weighted by atomic mass is 10.2. The highest BCUT2D eigenvalue weighted by atomic mass is 127. The highest BCUT2D eigenvalue weighted by Gasteiger charge is 2.23. The average Bonchev–Trinajstić information content (AvgIpc) is 3.37. The normalized spacial score (nSPS) is 16.2. The van der Waals surface area contributed by atoms with Crippen molar-refractivity contribution in [2.24, 2.45) is 4.99 Å². The minimum absolute atomic E-state index is 0. The molecule has 1 fully saturated rings. The van der Waals surface area contributed by atoms with Crippen LogP contribution < -0.4 is 15.5 Å². The molecule has 3 rings (SSSR count). The van der Waals surface area contributed by atoms with Crippen molar-refractivity contribution in [1.29, 1.82) is 0 Å². The summed E-state index contributed by atoms with van der Waals surface area (Å²) in [7, 11) is 3.49. The molecule has 1 amide bonds.